The second-order valence-corrected chi connectivity index (χ2v) is 8.10. The lowest BCUT2D eigenvalue weighted by molar-refractivity contribution is 0.0513. The van der Waals surface area contributed by atoms with Crippen molar-refractivity contribution in [1.29, 1.82) is 0 Å². The summed E-state index contributed by atoms with van der Waals surface area (Å²) in [7, 11) is 1.86. The maximum atomic E-state index is 5.66. The van der Waals surface area contributed by atoms with Gasteiger partial charge in [-0.05, 0) is 37.0 Å². The summed E-state index contributed by atoms with van der Waals surface area (Å²) in [6, 6.07) is 21.9. The average Bonchev–Trinajstić information content (AvgIpc) is 3.27. The summed E-state index contributed by atoms with van der Waals surface area (Å²) in [4.78, 5) is 6.94. The molecular weight excluding hydrogens is 360 g/mol. The maximum Gasteiger partial charge on any atom is 0.191 e. The Kier molecular flexibility index (Phi) is 6.35. The molecule has 0 spiro atoms. The van der Waals surface area contributed by atoms with E-state index in [4.69, 9.17) is 4.74 Å². The molecule has 2 aromatic carbocycles. The molecule has 0 bridgehead atoms. The van der Waals surface area contributed by atoms with E-state index in [1.807, 2.05) is 7.05 Å². The molecule has 4 rings (SSSR count). The second-order valence-electron chi connectivity index (χ2n) is 8.10. The predicted octanol–water partition coefficient (Wildman–Crippen LogP) is 3.18. The van der Waals surface area contributed by atoms with E-state index in [9.17, 15) is 0 Å². The number of aliphatic imine (C=N–C) groups is 1. The highest BCUT2D eigenvalue weighted by molar-refractivity contribution is 5.80. The first kappa shape index (κ1) is 19.8. The Bertz CT molecular complexity index is 787. The van der Waals surface area contributed by atoms with Crippen molar-refractivity contribution < 1.29 is 4.74 Å². The molecule has 2 N–H and O–H groups in total. The van der Waals surface area contributed by atoms with E-state index >= 15 is 0 Å². The van der Waals surface area contributed by atoms with E-state index in [-0.39, 0.29) is 5.41 Å². The van der Waals surface area contributed by atoms with Gasteiger partial charge in [-0.3, -0.25) is 4.99 Å². The van der Waals surface area contributed by atoms with Crippen LogP contribution >= 0.6 is 0 Å². The van der Waals surface area contributed by atoms with E-state index in [0.29, 0.717) is 6.04 Å². The van der Waals surface area contributed by atoms with E-state index < -0.39 is 0 Å². The molecule has 29 heavy (non-hydrogen) atoms. The third-order valence-electron chi connectivity index (χ3n) is 6.30. The summed E-state index contributed by atoms with van der Waals surface area (Å²) < 4.78 is 5.66. The van der Waals surface area contributed by atoms with Gasteiger partial charge in [0.2, 0.25) is 0 Å². The fourth-order valence-corrected chi connectivity index (χ4v) is 4.51. The van der Waals surface area contributed by atoms with Crippen molar-refractivity contribution in [2.24, 2.45) is 4.99 Å². The first-order valence-electron chi connectivity index (χ1n) is 10.7. The van der Waals surface area contributed by atoms with Gasteiger partial charge in [0, 0.05) is 57.0 Å². The number of benzene rings is 2. The number of nitrogens with zero attached hydrogens (tertiary/aromatic N) is 2. The summed E-state index contributed by atoms with van der Waals surface area (Å²) >= 11 is 0. The second kappa shape index (κ2) is 9.31. The molecule has 2 aromatic rings. The van der Waals surface area contributed by atoms with Gasteiger partial charge in [0.15, 0.2) is 5.96 Å². The van der Waals surface area contributed by atoms with Gasteiger partial charge >= 0.3 is 0 Å². The van der Waals surface area contributed by atoms with Crippen LogP contribution in [0.25, 0.3) is 0 Å². The smallest absolute Gasteiger partial charge is 0.191 e. The molecule has 2 aliphatic rings. The molecule has 0 radical (unpaired) electrons. The van der Waals surface area contributed by atoms with Crippen molar-refractivity contribution in [3.63, 3.8) is 0 Å². The lowest BCUT2D eigenvalue weighted by Gasteiger charge is -2.38. The molecule has 5 nitrogen and oxygen atoms in total. The van der Waals surface area contributed by atoms with Gasteiger partial charge < -0.3 is 20.3 Å². The normalized spacial score (nSPS) is 21.8. The third kappa shape index (κ3) is 4.73. The van der Waals surface area contributed by atoms with Crippen molar-refractivity contribution in [1.82, 2.24) is 10.6 Å². The van der Waals surface area contributed by atoms with E-state index in [2.05, 4.69) is 81.2 Å². The highest BCUT2D eigenvalue weighted by Crippen LogP contribution is 2.34. The number of ether oxygens (including phenoxy) is 1. The van der Waals surface area contributed by atoms with Crippen molar-refractivity contribution >= 4 is 11.6 Å². The first-order valence-corrected chi connectivity index (χ1v) is 10.7. The Balaban J connectivity index is 1.36. The van der Waals surface area contributed by atoms with Gasteiger partial charge in [0.25, 0.3) is 0 Å². The maximum absolute atomic E-state index is 5.66. The SMILES string of the molecule is CN=C(NCC1(c2ccccc2)CCOCC1)NC1CCN(c2ccccc2)C1. The number of para-hydroxylation sites is 1. The fraction of sp³-hybridized carbons (Fsp3) is 0.458. The van der Waals surface area contributed by atoms with Crippen LogP contribution in [-0.4, -0.2) is 51.9 Å². The Hall–Kier alpha value is -2.53. The molecule has 0 saturated carbocycles. The molecule has 0 aromatic heterocycles. The predicted molar refractivity (Wildman–Crippen MR) is 120 cm³/mol. The minimum Gasteiger partial charge on any atom is -0.381 e. The quantitative estimate of drug-likeness (QED) is 0.606. The molecule has 5 heteroatoms. The Morgan fingerprint density at radius 2 is 1.76 bits per heavy atom. The zero-order valence-electron chi connectivity index (χ0n) is 17.3. The van der Waals surface area contributed by atoms with Crippen LogP contribution in [0, 0.1) is 0 Å². The Labute approximate surface area is 174 Å². The standard InChI is InChI=1S/C24H32N4O/c1-25-23(27-21-12-15-28(18-21)22-10-6-3-7-11-22)26-19-24(13-16-29-17-14-24)20-8-4-2-5-9-20/h2-11,21H,12-19H2,1H3,(H2,25,26,27). The topological polar surface area (TPSA) is 48.9 Å². The molecule has 2 heterocycles. The van der Waals surface area contributed by atoms with Gasteiger partial charge in [-0.25, -0.2) is 0 Å². The molecule has 0 aliphatic carbocycles. The zero-order valence-corrected chi connectivity index (χ0v) is 17.3. The van der Waals surface area contributed by atoms with Crippen LogP contribution in [-0.2, 0) is 10.2 Å². The van der Waals surface area contributed by atoms with Crippen molar-refractivity contribution in [2.75, 3.05) is 44.8 Å². The lowest BCUT2D eigenvalue weighted by Crippen LogP contribution is -2.50. The summed E-state index contributed by atoms with van der Waals surface area (Å²) in [5.41, 5.74) is 2.79. The van der Waals surface area contributed by atoms with Crippen molar-refractivity contribution in [2.45, 2.75) is 30.7 Å². The van der Waals surface area contributed by atoms with Crippen LogP contribution in [0.3, 0.4) is 0 Å². The van der Waals surface area contributed by atoms with Crippen LogP contribution < -0.4 is 15.5 Å². The Morgan fingerprint density at radius 1 is 1.07 bits per heavy atom. The highest BCUT2D eigenvalue weighted by Gasteiger charge is 2.34. The highest BCUT2D eigenvalue weighted by atomic mass is 16.5. The number of rotatable bonds is 5. The summed E-state index contributed by atoms with van der Waals surface area (Å²) in [6.07, 6.45) is 3.19. The summed E-state index contributed by atoms with van der Waals surface area (Å²) in [5.74, 6) is 0.895. The monoisotopic (exact) mass is 392 g/mol. The number of hydrogen-bond donors (Lipinski definition) is 2. The largest absolute Gasteiger partial charge is 0.381 e. The summed E-state index contributed by atoms with van der Waals surface area (Å²) in [6.45, 7) is 4.58. The lowest BCUT2D eigenvalue weighted by atomic mass is 9.74. The molecular formula is C24H32N4O. The van der Waals surface area contributed by atoms with Crippen LogP contribution in [0.15, 0.2) is 65.7 Å². The molecule has 2 aliphatic heterocycles. The van der Waals surface area contributed by atoms with Crippen LogP contribution in [0.2, 0.25) is 0 Å². The van der Waals surface area contributed by atoms with E-state index in [0.717, 1.165) is 58.1 Å². The van der Waals surface area contributed by atoms with Crippen molar-refractivity contribution in [3.05, 3.63) is 66.2 Å². The average molecular weight is 393 g/mol. The molecule has 2 saturated heterocycles. The zero-order chi connectivity index (χ0) is 19.9. The van der Waals surface area contributed by atoms with Gasteiger partial charge in [0.1, 0.15) is 0 Å². The van der Waals surface area contributed by atoms with Crippen LogP contribution in [0.5, 0.6) is 0 Å². The van der Waals surface area contributed by atoms with E-state index in [1.54, 1.807) is 0 Å². The van der Waals surface area contributed by atoms with Crippen LogP contribution in [0.4, 0.5) is 5.69 Å². The van der Waals surface area contributed by atoms with Crippen molar-refractivity contribution in [3.8, 4) is 0 Å². The number of nitrogens with one attached hydrogen (secondary N) is 2. The van der Waals surface area contributed by atoms with Gasteiger partial charge in [-0.15, -0.1) is 0 Å². The number of guanidine groups is 1. The summed E-state index contributed by atoms with van der Waals surface area (Å²) in [5, 5.41) is 7.26. The Morgan fingerprint density at radius 3 is 2.45 bits per heavy atom. The number of anilines is 1. The minimum absolute atomic E-state index is 0.100. The van der Waals surface area contributed by atoms with E-state index in [1.165, 1.54) is 11.3 Å². The first-order chi connectivity index (χ1) is 14.3. The molecule has 1 unspecified atom stereocenters. The molecule has 2 fully saturated rings. The number of hydrogen-bond acceptors (Lipinski definition) is 3. The van der Waals surface area contributed by atoms with Gasteiger partial charge in [-0.2, -0.15) is 0 Å². The van der Waals surface area contributed by atoms with Gasteiger partial charge in [0.05, 0.1) is 0 Å². The molecule has 0 amide bonds. The van der Waals surface area contributed by atoms with Crippen LogP contribution in [0.1, 0.15) is 24.8 Å². The minimum atomic E-state index is 0.100. The third-order valence-corrected chi connectivity index (χ3v) is 6.30. The molecule has 1 atom stereocenters. The molecule has 154 valence electrons. The van der Waals surface area contributed by atoms with Gasteiger partial charge in [-0.1, -0.05) is 48.5 Å². The fourth-order valence-electron chi connectivity index (χ4n) is 4.51.